The Bertz CT molecular complexity index is 1840. The second-order valence-electron chi connectivity index (χ2n) is 10.6. The highest BCUT2D eigenvalue weighted by Crippen LogP contribution is 2.28. The summed E-state index contributed by atoms with van der Waals surface area (Å²) in [4.78, 5) is 35.5. The largest absolute Gasteiger partial charge is 0.573 e. The number of carbonyl (C=O) groups excluding carboxylic acids is 1. The predicted octanol–water partition coefficient (Wildman–Crippen LogP) is 4.38. The number of carbonyl (C=O) groups is 2. The molecule has 1 fully saturated rings. The van der Waals surface area contributed by atoms with E-state index in [2.05, 4.69) is 26.9 Å². The van der Waals surface area contributed by atoms with Crippen molar-refractivity contribution in [1.29, 1.82) is 0 Å². The lowest BCUT2D eigenvalue weighted by atomic mass is 10.1. The van der Waals surface area contributed by atoms with E-state index in [1.165, 1.54) is 18.3 Å². The Morgan fingerprint density at radius 3 is 2.37 bits per heavy atom. The second kappa shape index (κ2) is 13.3. The smallest absolute Gasteiger partial charge is 0.478 e. The van der Waals surface area contributed by atoms with Gasteiger partial charge in [-0.1, -0.05) is 43.7 Å². The number of para-hydroxylation sites is 1. The summed E-state index contributed by atoms with van der Waals surface area (Å²) < 4.78 is 70.3. The zero-order valence-electron chi connectivity index (χ0n) is 24.6. The van der Waals surface area contributed by atoms with Gasteiger partial charge in [0.25, 0.3) is 0 Å². The molecule has 0 spiro atoms. The minimum Gasteiger partial charge on any atom is -0.478 e. The van der Waals surface area contributed by atoms with Crippen LogP contribution in [0.25, 0.3) is 11.0 Å². The normalized spacial score (nSPS) is 15.9. The number of aryl methyl sites for hydroxylation is 1. The van der Waals surface area contributed by atoms with Crippen LogP contribution in [0.15, 0.2) is 77.8 Å². The van der Waals surface area contributed by atoms with Crippen LogP contribution in [-0.2, 0) is 27.8 Å². The zero-order chi connectivity index (χ0) is 33.1. The van der Waals surface area contributed by atoms with Gasteiger partial charge in [0.1, 0.15) is 23.1 Å². The van der Waals surface area contributed by atoms with Crippen molar-refractivity contribution in [3.05, 3.63) is 89.6 Å². The van der Waals surface area contributed by atoms with Gasteiger partial charge in [-0.2, -0.15) is 4.31 Å². The molecule has 1 saturated heterocycles. The van der Waals surface area contributed by atoms with E-state index in [9.17, 15) is 36.3 Å². The zero-order valence-corrected chi connectivity index (χ0v) is 25.4. The molecule has 2 N–H and O–H groups in total. The number of aromatic carboxylic acids is 1. The number of carboxylic acid groups (broad SMARTS) is 1. The average molecular weight is 658 g/mol. The maximum Gasteiger partial charge on any atom is 0.573 e. The Morgan fingerprint density at radius 2 is 1.72 bits per heavy atom. The number of carboxylic acids is 1. The van der Waals surface area contributed by atoms with Crippen molar-refractivity contribution >= 4 is 38.8 Å². The van der Waals surface area contributed by atoms with E-state index in [0.717, 1.165) is 52.5 Å². The molecule has 1 aromatic heterocycles. The van der Waals surface area contributed by atoms with E-state index < -0.39 is 40.1 Å². The SMILES string of the molecule is CCCc1ccc(CNC(=O)[C@H]2CN(c3cnc4c(C(=O)O)cccc4n3)CCN2S(=O)(=O)c2ccc(OC(F)(F)F)cc2)cc1. The summed E-state index contributed by atoms with van der Waals surface area (Å²) in [6, 6.07) is 14.7. The lowest BCUT2D eigenvalue weighted by molar-refractivity contribution is -0.274. The summed E-state index contributed by atoms with van der Waals surface area (Å²) in [5.74, 6) is -2.03. The number of amides is 1. The summed E-state index contributed by atoms with van der Waals surface area (Å²) >= 11 is 0. The van der Waals surface area contributed by atoms with Gasteiger partial charge in [0.2, 0.25) is 15.9 Å². The number of nitrogens with one attached hydrogen (secondary N) is 1. The number of hydrogen-bond donors (Lipinski definition) is 2. The maximum atomic E-state index is 13.8. The van der Waals surface area contributed by atoms with Gasteiger partial charge in [0.05, 0.1) is 22.2 Å². The van der Waals surface area contributed by atoms with Gasteiger partial charge in [0, 0.05) is 26.2 Å². The van der Waals surface area contributed by atoms with Crippen molar-refractivity contribution in [2.24, 2.45) is 0 Å². The van der Waals surface area contributed by atoms with Gasteiger partial charge in [-0.3, -0.25) is 4.79 Å². The van der Waals surface area contributed by atoms with E-state index in [-0.39, 0.29) is 42.2 Å². The first-order chi connectivity index (χ1) is 21.9. The molecule has 11 nitrogen and oxygen atoms in total. The third-order valence-electron chi connectivity index (χ3n) is 7.44. The van der Waals surface area contributed by atoms with Gasteiger partial charge in [-0.15, -0.1) is 13.2 Å². The van der Waals surface area contributed by atoms with Crippen LogP contribution in [0.3, 0.4) is 0 Å². The number of ether oxygens (including phenoxy) is 1. The van der Waals surface area contributed by atoms with Crippen molar-refractivity contribution < 1.29 is 41.0 Å². The van der Waals surface area contributed by atoms with E-state index in [1.807, 2.05) is 24.3 Å². The van der Waals surface area contributed by atoms with E-state index in [0.29, 0.717) is 11.3 Å². The van der Waals surface area contributed by atoms with Gasteiger partial charge in [-0.25, -0.2) is 23.2 Å². The molecule has 1 aliphatic rings. The number of aromatic nitrogens is 2. The van der Waals surface area contributed by atoms with Crippen molar-refractivity contribution in [3.63, 3.8) is 0 Å². The summed E-state index contributed by atoms with van der Waals surface area (Å²) in [6.07, 6.45) is -1.68. The Morgan fingerprint density at radius 1 is 1.02 bits per heavy atom. The third kappa shape index (κ3) is 7.37. The van der Waals surface area contributed by atoms with Crippen molar-refractivity contribution in [2.45, 2.75) is 43.6 Å². The number of benzene rings is 3. The number of alkyl halides is 3. The number of fused-ring (bicyclic) bond motifs is 1. The van der Waals surface area contributed by atoms with Crippen molar-refractivity contribution in [3.8, 4) is 5.75 Å². The summed E-state index contributed by atoms with van der Waals surface area (Å²) in [6.45, 7) is 2.00. The van der Waals surface area contributed by atoms with Crippen LogP contribution in [0.4, 0.5) is 19.0 Å². The fourth-order valence-electron chi connectivity index (χ4n) is 5.20. The molecule has 0 unspecified atom stereocenters. The molecule has 1 amide bonds. The van der Waals surface area contributed by atoms with E-state index in [1.54, 1.807) is 11.0 Å². The molecule has 4 aromatic rings. The van der Waals surface area contributed by atoms with Crippen LogP contribution in [0.1, 0.15) is 34.8 Å². The first-order valence-electron chi connectivity index (χ1n) is 14.3. The molecule has 0 radical (unpaired) electrons. The number of sulfonamides is 1. The van der Waals surface area contributed by atoms with E-state index in [4.69, 9.17) is 0 Å². The second-order valence-corrected chi connectivity index (χ2v) is 12.5. The minimum atomic E-state index is -4.95. The standard InChI is InChI=1S/C31H30F3N5O6S/c1-2-4-20-7-9-21(10-8-20)17-36-29(40)26-19-38(27-18-35-28-24(30(41)42)5-3-6-25(28)37-27)15-16-39(26)46(43,44)23-13-11-22(12-14-23)45-31(32,33)34/h3,5-14,18,26H,2,4,15-17,19H2,1H3,(H,36,40)(H,41,42)/t26-/m1/s1. The van der Waals surface area contributed by atoms with Crippen molar-refractivity contribution in [2.75, 3.05) is 24.5 Å². The Balaban J connectivity index is 1.42. The highest BCUT2D eigenvalue weighted by molar-refractivity contribution is 7.89. The Kier molecular flexibility index (Phi) is 9.44. The van der Waals surface area contributed by atoms with Gasteiger partial charge >= 0.3 is 12.3 Å². The Labute approximate surface area is 262 Å². The third-order valence-corrected chi connectivity index (χ3v) is 9.36. The molecule has 2 heterocycles. The quantitative estimate of drug-likeness (QED) is 0.254. The van der Waals surface area contributed by atoms with Gasteiger partial charge < -0.3 is 20.1 Å². The number of rotatable bonds is 10. The summed E-state index contributed by atoms with van der Waals surface area (Å²) in [7, 11) is -4.36. The molecule has 1 aliphatic heterocycles. The molecule has 1 atom stereocenters. The molecule has 0 aliphatic carbocycles. The number of hydrogen-bond acceptors (Lipinski definition) is 8. The number of piperazine rings is 1. The lowest BCUT2D eigenvalue weighted by Gasteiger charge is -2.40. The highest BCUT2D eigenvalue weighted by atomic mass is 32.2. The molecule has 0 saturated carbocycles. The molecule has 0 bridgehead atoms. The van der Waals surface area contributed by atoms with Crippen LogP contribution in [0.5, 0.6) is 5.75 Å². The van der Waals surface area contributed by atoms with Crippen LogP contribution in [-0.4, -0.2) is 71.7 Å². The average Bonchev–Trinajstić information content (AvgIpc) is 3.03. The molecule has 242 valence electrons. The van der Waals surface area contributed by atoms with Gasteiger partial charge in [-0.05, 0) is 53.9 Å². The summed E-state index contributed by atoms with van der Waals surface area (Å²) in [5, 5.41) is 12.3. The van der Waals surface area contributed by atoms with E-state index >= 15 is 0 Å². The monoisotopic (exact) mass is 657 g/mol. The van der Waals surface area contributed by atoms with Crippen LogP contribution in [0.2, 0.25) is 0 Å². The first-order valence-corrected chi connectivity index (χ1v) is 15.8. The predicted molar refractivity (Wildman–Crippen MR) is 162 cm³/mol. The number of halogens is 3. The fraction of sp³-hybridized carbons (Fsp3) is 0.290. The lowest BCUT2D eigenvalue weighted by Crippen LogP contribution is -2.60. The molecule has 5 rings (SSSR count). The molecule has 3 aromatic carbocycles. The number of nitrogens with zero attached hydrogens (tertiary/aromatic N) is 4. The highest BCUT2D eigenvalue weighted by Gasteiger charge is 2.41. The van der Waals surface area contributed by atoms with Crippen LogP contribution < -0.4 is 15.0 Å². The number of anilines is 1. The first kappa shape index (κ1) is 32.6. The van der Waals surface area contributed by atoms with Crippen molar-refractivity contribution in [1.82, 2.24) is 19.6 Å². The molecule has 46 heavy (non-hydrogen) atoms. The summed E-state index contributed by atoms with van der Waals surface area (Å²) in [5.41, 5.74) is 2.42. The molecular formula is C31H30F3N5O6S. The maximum absolute atomic E-state index is 13.8. The minimum absolute atomic E-state index is 0.0286. The fourth-order valence-corrected chi connectivity index (χ4v) is 6.77. The topological polar surface area (TPSA) is 142 Å². The molecule has 15 heteroatoms. The van der Waals surface area contributed by atoms with Crippen LogP contribution >= 0.6 is 0 Å². The van der Waals surface area contributed by atoms with Gasteiger partial charge in [0.15, 0.2) is 0 Å². The van der Waals surface area contributed by atoms with Crippen LogP contribution in [0, 0.1) is 0 Å². The Hall–Kier alpha value is -4.76. The molecular weight excluding hydrogens is 627 g/mol.